The van der Waals surface area contributed by atoms with Crippen LogP contribution in [0.1, 0.15) is 18.4 Å². The molecule has 4 heteroatoms. The molecule has 0 spiro atoms. The molecule has 1 aliphatic heterocycles. The van der Waals surface area contributed by atoms with E-state index < -0.39 is 0 Å². The monoisotopic (exact) mass is 283 g/mol. The zero-order valence-corrected chi connectivity index (χ0v) is 11.4. The second-order valence-electron chi connectivity index (χ2n) is 4.40. The normalized spacial score (nSPS) is 20.8. The molecule has 1 saturated heterocycles. The van der Waals surface area contributed by atoms with Crippen LogP contribution in [0.15, 0.2) is 16.7 Å². The van der Waals surface area contributed by atoms with Gasteiger partial charge in [-0.25, -0.2) is 4.98 Å². The van der Waals surface area contributed by atoms with Gasteiger partial charge in [-0.3, -0.25) is 0 Å². The van der Waals surface area contributed by atoms with Crippen LogP contribution in [0.2, 0.25) is 0 Å². The van der Waals surface area contributed by atoms with Crippen LogP contribution < -0.4 is 10.2 Å². The highest BCUT2D eigenvalue weighted by Crippen LogP contribution is 2.22. The molecule has 88 valence electrons. The van der Waals surface area contributed by atoms with Crippen molar-refractivity contribution in [2.24, 2.45) is 0 Å². The van der Waals surface area contributed by atoms with Crippen molar-refractivity contribution < 1.29 is 0 Å². The van der Waals surface area contributed by atoms with Crippen LogP contribution in [-0.4, -0.2) is 31.2 Å². The van der Waals surface area contributed by atoms with Crippen molar-refractivity contribution in [3.8, 4) is 0 Å². The highest BCUT2D eigenvalue weighted by atomic mass is 79.9. The Kier molecular flexibility index (Phi) is 3.82. The van der Waals surface area contributed by atoms with Gasteiger partial charge in [0, 0.05) is 30.3 Å². The van der Waals surface area contributed by atoms with Crippen molar-refractivity contribution in [1.82, 2.24) is 10.3 Å². The number of hydrogen-bond acceptors (Lipinski definition) is 3. The largest absolute Gasteiger partial charge is 0.355 e. The summed E-state index contributed by atoms with van der Waals surface area (Å²) in [5.41, 5.74) is 1.24. The van der Waals surface area contributed by atoms with E-state index in [2.05, 4.69) is 51.2 Å². The molecule has 1 aromatic heterocycles. The summed E-state index contributed by atoms with van der Waals surface area (Å²) in [5, 5.41) is 3.43. The van der Waals surface area contributed by atoms with Gasteiger partial charge in [0.2, 0.25) is 0 Å². The van der Waals surface area contributed by atoms with Crippen molar-refractivity contribution in [2.45, 2.75) is 25.8 Å². The predicted molar refractivity (Wildman–Crippen MR) is 71.0 cm³/mol. The molecule has 1 unspecified atom stereocenters. The lowest BCUT2D eigenvalue weighted by Gasteiger charge is -2.32. The minimum Gasteiger partial charge on any atom is -0.355 e. The molecule has 0 aromatic carbocycles. The molecule has 3 nitrogen and oxygen atoms in total. The summed E-state index contributed by atoms with van der Waals surface area (Å²) in [4.78, 5) is 6.75. The Balaban J connectivity index is 2.12. The molecule has 0 bridgehead atoms. The molecule has 16 heavy (non-hydrogen) atoms. The molecule has 2 rings (SSSR count). The fraction of sp³-hybridized carbons (Fsp3) is 0.583. The Labute approximate surface area is 105 Å². The van der Waals surface area contributed by atoms with Crippen LogP contribution in [0.3, 0.4) is 0 Å². The molecule has 1 atom stereocenters. The summed E-state index contributed by atoms with van der Waals surface area (Å²) in [7, 11) is 2.13. The fourth-order valence-corrected chi connectivity index (χ4v) is 2.29. The first kappa shape index (κ1) is 11.9. The van der Waals surface area contributed by atoms with E-state index in [-0.39, 0.29) is 0 Å². The van der Waals surface area contributed by atoms with Crippen LogP contribution in [-0.2, 0) is 0 Å². The number of anilines is 1. The van der Waals surface area contributed by atoms with Crippen LogP contribution >= 0.6 is 15.9 Å². The summed E-state index contributed by atoms with van der Waals surface area (Å²) in [6.45, 7) is 4.31. The van der Waals surface area contributed by atoms with Gasteiger partial charge in [-0.15, -0.1) is 0 Å². The Hall–Kier alpha value is -0.610. The summed E-state index contributed by atoms with van der Waals surface area (Å²) in [6.07, 6.45) is 4.39. The first-order valence-electron chi connectivity index (χ1n) is 5.74. The van der Waals surface area contributed by atoms with Crippen molar-refractivity contribution in [3.05, 3.63) is 22.3 Å². The zero-order chi connectivity index (χ0) is 11.5. The maximum atomic E-state index is 4.47. The molecule has 0 saturated carbocycles. The first-order chi connectivity index (χ1) is 7.68. The zero-order valence-electron chi connectivity index (χ0n) is 9.83. The molecule has 2 heterocycles. The lowest BCUT2D eigenvalue weighted by molar-refractivity contribution is 0.443. The number of rotatable bonds is 2. The fourth-order valence-electron chi connectivity index (χ4n) is 2.07. The summed E-state index contributed by atoms with van der Waals surface area (Å²) < 4.78 is 1.08. The van der Waals surface area contributed by atoms with Gasteiger partial charge < -0.3 is 10.2 Å². The third kappa shape index (κ3) is 2.55. The Morgan fingerprint density at radius 2 is 2.38 bits per heavy atom. The quantitative estimate of drug-likeness (QED) is 0.903. The Morgan fingerprint density at radius 3 is 3.00 bits per heavy atom. The minimum atomic E-state index is 0.571. The van der Waals surface area contributed by atoms with E-state index in [1.807, 2.05) is 6.20 Å². The maximum absolute atomic E-state index is 4.47. The number of nitrogens with zero attached hydrogens (tertiary/aromatic N) is 2. The topological polar surface area (TPSA) is 28.2 Å². The number of aryl methyl sites for hydroxylation is 1. The van der Waals surface area contributed by atoms with E-state index in [0.29, 0.717) is 6.04 Å². The average Bonchev–Trinajstić information content (AvgIpc) is 2.33. The number of piperidine rings is 1. The van der Waals surface area contributed by atoms with Crippen LogP contribution in [0, 0.1) is 6.92 Å². The van der Waals surface area contributed by atoms with Crippen molar-refractivity contribution in [2.75, 3.05) is 25.0 Å². The van der Waals surface area contributed by atoms with Gasteiger partial charge in [-0.1, -0.05) is 0 Å². The predicted octanol–water partition coefficient (Wildman–Crippen LogP) is 2.34. The number of hydrogen-bond donors (Lipinski definition) is 1. The third-order valence-electron chi connectivity index (χ3n) is 3.21. The highest BCUT2D eigenvalue weighted by Gasteiger charge is 2.18. The summed E-state index contributed by atoms with van der Waals surface area (Å²) >= 11 is 3.48. The summed E-state index contributed by atoms with van der Waals surface area (Å²) in [5.74, 6) is 1.06. The minimum absolute atomic E-state index is 0.571. The molecule has 1 N–H and O–H groups in total. The van der Waals surface area contributed by atoms with Crippen molar-refractivity contribution >= 4 is 21.7 Å². The van der Waals surface area contributed by atoms with E-state index >= 15 is 0 Å². The standard InChI is InChI=1S/C12H18BrN3/c1-9-6-12(15-8-11(9)13)16(2)10-4-3-5-14-7-10/h6,8,10,14H,3-5,7H2,1-2H3. The first-order valence-corrected chi connectivity index (χ1v) is 6.53. The maximum Gasteiger partial charge on any atom is 0.128 e. The number of pyridine rings is 1. The van der Waals surface area contributed by atoms with Crippen molar-refractivity contribution in [3.63, 3.8) is 0 Å². The van der Waals surface area contributed by atoms with Gasteiger partial charge in [-0.2, -0.15) is 0 Å². The average molecular weight is 284 g/mol. The van der Waals surface area contributed by atoms with Crippen LogP contribution in [0.5, 0.6) is 0 Å². The van der Waals surface area contributed by atoms with Gasteiger partial charge in [-0.05, 0) is 53.9 Å². The highest BCUT2D eigenvalue weighted by molar-refractivity contribution is 9.10. The summed E-state index contributed by atoms with van der Waals surface area (Å²) in [6, 6.07) is 2.71. The van der Waals surface area contributed by atoms with Crippen molar-refractivity contribution in [1.29, 1.82) is 0 Å². The number of aromatic nitrogens is 1. The lowest BCUT2D eigenvalue weighted by atomic mass is 10.1. The Bertz CT molecular complexity index is 361. The second-order valence-corrected chi connectivity index (χ2v) is 5.26. The van der Waals surface area contributed by atoms with E-state index in [0.717, 1.165) is 23.4 Å². The van der Waals surface area contributed by atoms with E-state index in [9.17, 15) is 0 Å². The van der Waals surface area contributed by atoms with Crippen LogP contribution in [0.25, 0.3) is 0 Å². The third-order valence-corrected chi connectivity index (χ3v) is 4.04. The lowest BCUT2D eigenvalue weighted by Crippen LogP contribution is -2.44. The molecule has 1 aliphatic rings. The van der Waals surface area contributed by atoms with Gasteiger partial charge in [0.15, 0.2) is 0 Å². The molecule has 1 aromatic rings. The number of halogens is 1. The molecular formula is C12H18BrN3. The van der Waals surface area contributed by atoms with Crippen LogP contribution in [0.4, 0.5) is 5.82 Å². The molecular weight excluding hydrogens is 266 g/mol. The van der Waals surface area contributed by atoms with E-state index in [1.165, 1.54) is 18.4 Å². The number of nitrogens with one attached hydrogen (secondary N) is 1. The molecule has 0 radical (unpaired) electrons. The number of likely N-dealkylation sites (N-methyl/N-ethyl adjacent to an activating group) is 1. The second kappa shape index (κ2) is 5.15. The van der Waals surface area contributed by atoms with Gasteiger partial charge in [0.1, 0.15) is 5.82 Å². The van der Waals surface area contributed by atoms with Gasteiger partial charge in [0.25, 0.3) is 0 Å². The van der Waals surface area contributed by atoms with Gasteiger partial charge in [0.05, 0.1) is 0 Å². The Morgan fingerprint density at radius 1 is 1.56 bits per heavy atom. The van der Waals surface area contributed by atoms with E-state index in [1.54, 1.807) is 0 Å². The SMILES string of the molecule is Cc1cc(N(C)C2CCCNC2)ncc1Br. The smallest absolute Gasteiger partial charge is 0.128 e. The molecule has 0 amide bonds. The van der Waals surface area contributed by atoms with E-state index in [4.69, 9.17) is 0 Å². The van der Waals surface area contributed by atoms with Gasteiger partial charge >= 0.3 is 0 Å². The molecule has 1 fully saturated rings. The molecule has 0 aliphatic carbocycles.